The molecular weight excluding hydrogens is 270 g/mol. The molecule has 0 radical (unpaired) electrons. The van der Waals surface area contributed by atoms with Crippen molar-refractivity contribution in [1.29, 1.82) is 0 Å². The highest BCUT2D eigenvalue weighted by molar-refractivity contribution is 7.89. The van der Waals surface area contributed by atoms with E-state index in [2.05, 4.69) is 25.4 Å². The molecule has 9 heteroatoms. The van der Waals surface area contributed by atoms with Crippen molar-refractivity contribution in [2.45, 2.75) is 25.0 Å². The molecule has 2 rings (SSSR count). The van der Waals surface area contributed by atoms with Crippen molar-refractivity contribution in [1.82, 2.24) is 25.4 Å². The molecule has 19 heavy (non-hydrogen) atoms. The zero-order valence-electron chi connectivity index (χ0n) is 10.6. The van der Waals surface area contributed by atoms with E-state index in [1.54, 1.807) is 20.0 Å². The van der Waals surface area contributed by atoms with Gasteiger partial charge in [0.05, 0.1) is 18.4 Å². The molecule has 0 aromatic carbocycles. The minimum absolute atomic E-state index is 0.0575. The Morgan fingerprint density at radius 3 is 2.84 bits per heavy atom. The SMILES string of the molecule is CNCc1cn[nH]c1S(=O)(=O)NCc1cc(C)on1. The maximum atomic E-state index is 12.1. The summed E-state index contributed by atoms with van der Waals surface area (Å²) in [5.74, 6) is 0.631. The topological polar surface area (TPSA) is 113 Å². The molecule has 104 valence electrons. The molecule has 0 amide bonds. The van der Waals surface area contributed by atoms with Crippen LogP contribution in [0.4, 0.5) is 0 Å². The summed E-state index contributed by atoms with van der Waals surface area (Å²) < 4.78 is 31.5. The van der Waals surface area contributed by atoms with Gasteiger partial charge in [0, 0.05) is 18.2 Å². The monoisotopic (exact) mass is 285 g/mol. The summed E-state index contributed by atoms with van der Waals surface area (Å²) in [4.78, 5) is 0. The molecule has 0 aliphatic heterocycles. The van der Waals surface area contributed by atoms with E-state index in [4.69, 9.17) is 4.52 Å². The van der Waals surface area contributed by atoms with Gasteiger partial charge in [-0.3, -0.25) is 5.10 Å². The van der Waals surface area contributed by atoms with Crippen LogP contribution in [0.1, 0.15) is 17.0 Å². The molecule has 0 aliphatic carbocycles. The Bertz CT molecular complexity index is 646. The van der Waals surface area contributed by atoms with Gasteiger partial charge in [-0.15, -0.1) is 0 Å². The summed E-state index contributed by atoms with van der Waals surface area (Å²) >= 11 is 0. The molecule has 0 unspecified atom stereocenters. The van der Waals surface area contributed by atoms with Crippen LogP contribution in [-0.2, 0) is 23.1 Å². The number of rotatable bonds is 6. The summed E-state index contributed by atoms with van der Waals surface area (Å²) in [7, 11) is -1.92. The second-order valence-electron chi connectivity index (χ2n) is 4.01. The van der Waals surface area contributed by atoms with Crippen LogP contribution in [-0.4, -0.2) is 30.8 Å². The van der Waals surface area contributed by atoms with E-state index in [0.717, 1.165) is 0 Å². The largest absolute Gasteiger partial charge is 0.361 e. The van der Waals surface area contributed by atoms with Gasteiger partial charge in [-0.2, -0.15) is 5.10 Å². The predicted octanol–water partition coefficient (Wildman–Crippen LogP) is -0.0960. The second kappa shape index (κ2) is 5.51. The van der Waals surface area contributed by atoms with Crippen LogP contribution >= 0.6 is 0 Å². The van der Waals surface area contributed by atoms with Gasteiger partial charge in [0.2, 0.25) is 0 Å². The van der Waals surface area contributed by atoms with Crippen LogP contribution in [0, 0.1) is 6.92 Å². The third-order valence-corrected chi connectivity index (χ3v) is 3.85. The van der Waals surface area contributed by atoms with Gasteiger partial charge in [0.15, 0.2) is 5.03 Å². The first-order valence-corrected chi connectivity index (χ1v) is 7.10. The van der Waals surface area contributed by atoms with E-state index in [1.165, 1.54) is 6.20 Å². The van der Waals surface area contributed by atoms with Crippen LogP contribution < -0.4 is 10.0 Å². The van der Waals surface area contributed by atoms with Crippen molar-refractivity contribution in [3.05, 3.63) is 29.3 Å². The van der Waals surface area contributed by atoms with Crippen LogP contribution in [0.15, 0.2) is 21.8 Å². The number of sulfonamides is 1. The number of aryl methyl sites for hydroxylation is 1. The molecule has 0 atom stereocenters. The lowest BCUT2D eigenvalue weighted by molar-refractivity contribution is 0.390. The van der Waals surface area contributed by atoms with Gasteiger partial charge in [0.25, 0.3) is 10.0 Å². The minimum atomic E-state index is -3.65. The maximum Gasteiger partial charge on any atom is 0.258 e. The molecule has 0 bridgehead atoms. The fourth-order valence-electron chi connectivity index (χ4n) is 1.59. The quantitative estimate of drug-likeness (QED) is 0.683. The van der Waals surface area contributed by atoms with Crippen molar-refractivity contribution in [3.8, 4) is 0 Å². The van der Waals surface area contributed by atoms with Crippen molar-refractivity contribution in [2.75, 3.05) is 7.05 Å². The molecule has 0 spiro atoms. The standard InChI is InChI=1S/C10H15N5O3S/c1-7-3-9(15-18-7)6-13-19(16,17)10-8(4-11-2)5-12-14-10/h3,5,11,13H,4,6H2,1-2H3,(H,12,14). The smallest absolute Gasteiger partial charge is 0.258 e. The van der Waals surface area contributed by atoms with Crippen LogP contribution in [0.2, 0.25) is 0 Å². The number of hydrogen-bond acceptors (Lipinski definition) is 6. The van der Waals surface area contributed by atoms with Gasteiger partial charge >= 0.3 is 0 Å². The molecular formula is C10H15N5O3S. The number of nitrogens with one attached hydrogen (secondary N) is 3. The van der Waals surface area contributed by atoms with E-state index in [0.29, 0.717) is 23.6 Å². The Kier molecular flexibility index (Phi) is 3.98. The molecule has 0 aliphatic rings. The minimum Gasteiger partial charge on any atom is -0.361 e. The first-order valence-electron chi connectivity index (χ1n) is 5.61. The summed E-state index contributed by atoms with van der Waals surface area (Å²) in [6, 6.07) is 1.67. The highest BCUT2D eigenvalue weighted by Gasteiger charge is 2.20. The van der Waals surface area contributed by atoms with Crippen molar-refractivity contribution in [3.63, 3.8) is 0 Å². The lowest BCUT2D eigenvalue weighted by Gasteiger charge is -2.05. The number of aromatic nitrogens is 3. The lowest BCUT2D eigenvalue weighted by Crippen LogP contribution is -2.25. The van der Waals surface area contributed by atoms with E-state index in [-0.39, 0.29) is 11.6 Å². The first kappa shape index (κ1) is 13.7. The third-order valence-electron chi connectivity index (χ3n) is 2.43. The highest BCUT2D eigenvalue weighted by atomic mass is 32.2. The average Bonchev–Trinajstić information content (AvgIpc) is 2.97. The number of aromatic amines is 1. The summed E-state index contributed by atoms with van der Waals surface area (Å²) in [5, 5.41) is 12.9. The second-order valence-corrected chi connectivity index (χ2v) is 5.71. The van der Waals surface area contributed by atoms with Crippen LogP contribution in [0.25, 0.3) is 0 Å². The average molecular weight is 285 g/mol. The summed E-state index contributed by atoms with van der Waals surface area (Å²) in [6.07, 6.45) is 1.48. The van der Waals surface area contributed by atoms with Gasteiger partial charge in [0.1, 0.15) is 5.76 Å². The van der Waals surface area contributed by atoms with Crippen molar-refractivity contribution >= 4 is 10.0 Å². The fourth-order valence-corrected chi connectivity index (χ4v) is 2.72. The predicted molar refractivity (Wildman–Crippen MR) is 66.6 cm³/mol. The van der Waals surface area contributed by atoms with Crippen LogP contribution in [0.5, 0.6) is 0 Å². The molecule has 0 saturated heterocycles. The van der Waals surface area contributed by atoms with E-state index >= 15 is 0 Å². The zero-order valence-corrected chi connectivity index (χ0v) is 11.4. The van der Waals surface area contributed by atoms with Crippen LogP contribution in [0.3, 0.4) is 0 Å². The molecule has 2 aromatic heterocycles. The normalized spacial score (nSPS) is 11.9. The van der Waals surface area contributed by atoms with E-state index in [1.807, 2.05) is 0 Å². The summed E-state index contributed by atoms with van der Waals surface area (Å²) in [6.45, 7) is 2.22. The fraction of sp³-hybridized carbons (Fsp3) is 0.400. The Morgan fingerprint density at radius 2 is 2.21 bits per heavy atom. The Labute approximate surface area is 110 Å². The van der Waals surface area contributed by atoms with Gasteiger partial charge < -0.3 is 9.84 Å². The molecule has 2 aromatic rings. The molecule has 0 saturated carbocycles. The number of H-pyrrole nitrogens is 1. The van der Waals surface area contributed by atoms with Gasteiger partial charge in [-0.1, -0.05) is 5.16 Å². The Balaban J connectivity index is 2.11. The molecule has 3 N–H and O–H groups in total. The zero-order chi connectivity index (χ0) is 13.9. The lowest BCUT2D eigenvalue weighted by atomic mass is 10.4. The van der Waals surface area contributed by atoms with Gasteiger partial charge in [-0.25, -0.2) is 13.1 Å². The number of nitrogens with zero attached hydrogens (tertiary/aromatic N) is 2. The Morgan fingerprint density at radius 1 is 1.42 bits per heavy atom. The van der Waals surface area contributed by atoms with E-state index in [9.17, 15) is 8.42 Å². The molecule has 2 heterocycles. The third kappa shape index (κ3) is 3.19. The number of hydrogen-bond donors (Lipinski definition) is 3. The van der Waals surface area contributed by atoms with E-state index < -0.39 is 10.0 Å². The molecule has 8 nitrogen and oxygen atoms in total. The van der Waals surface area contributed by atoms with Crippen molar-refractivity contribution < 1.29 is 12.9 Å². The summed E-state index contributed by atoms with van der Waals surface area (Å²) in [5.41, 5.74) is 1.10. The maximum absolute atomic E-state index is 12.1. The molecule has 0 fully saturated rings. The highest BCUT2D eigenvalue weighted by Crippen LogP contribution is 2.12. The van der Waals surface area contributed by atoms with Gasteiger partial charge in [-0.05, 0) is 14.0 Å². The first-order chi connectivity index (χ1) is 9.03. The Hall–Kier alpha value is -1.71. The van der Waals surface area contributed by atoms with Crippen molar-refractivity contribution in [2.24, 2.45) is 0 Å².